The molecule has 3 aromatic rings. The van der Waals surface area contributed by atoms with E-state index in [1.165, 1.54) is 49.7 Å². The van der Waals surface area contributed by atoms with Gasteiger partial charge in [0.05, 0.1) is 49.1 Å². The van der Waals surface area contributed by atoms with Gasteiger partial charge in [-0.15, -0.1) is 0 Å². The minimum absolute atomic E-state index is 0.0670. The molecule has 1 aromatic heterocycles. The van der Waals surface area contributed by atoms with E-state index in [1.807, 2.05) is 0 Å². The van der Waals surface area contributed by atoms with Gasteiger partial charge in [-0.1, -0.05) is 17.8 Å². The highest BCUT2D eigenvalue weighted by Crippen LogP contribution is 2.51. The van der Waals surface area contributed by atoms with Gasteiger partial charge in [-0.05, 0) is 55.2 Å². The van der Waals surface area contributed by atoms with Crippen LogP contribution in [-0.2, 0) is 14.3 Å². The van der Waals surface area contributed by atoms with Crippen molar-refractivity contribution in [3.8, 4) is 17.2 Å². The average molecular weight is 525 g/mol. The summed E-state index contributed by atoms with van der Waals surface area (Å²) >= 11 is 1.18. The fourth-order valence-corrected chi connectivity index (χ4v) is 6.62. The van der Waals surface area contributed by atoms with E-state index in [4.69, 9.17) is 18.9 Å². The van der Waals surface area contributed by atoms with Gasteiger partial charge >= 0.3 is 0 Å². The van der Waals surface area contributed by atoms with Crippen LogP contribution < -0.4 is 19.1 Å². The summed E-state index contributed by atoms with van der Waals surface area (Å²) < 4.78 is 37.4. The first-order valence-corrected chi connectivity index (χ1v) is 12.9. The Morgan fingerprint density at radius 2 is 1.76 bits per heavy atom. The van der Waals surface area contributed by atoms with Crippen molar-refractivity contribution >= 4 is 38.4 Å². The third-order valence-electron chi connectivity index (χ3n) is 7.31. The number of nitrogens with zero attached hydrogens (tertiary/aromatic N) is 2. The number of rotatable bonds is 5. The molecule has 3 unspecified atom stereocenters. The Hall–Kier alpha value is -3.66. The summed E-state index contributed by atoms with van der Waals surface area (Å²) in [4.78, 5) is 33.9. The number of ketones is 1. The first-order chi connectivity index (χ1) is 17.9. The quantitative estimate of drug-likeness (QED) is 0.466. The maximum Gasteiger partial charge on any atom is 0.296 e. The van der Waals surface area contributed by atoms with Crippen LogP contribution in [0.25, 0.3) is 10.2 Å². The molecule has 0 bridgehead atoms. The number of fused-ring (bicyclic) bond motifs is 2. The Kier molecular flexibility index (Phi) is 5.78. The summed E-state index contributed by atoms with van der Waals surface area (Å²) in [6.07, 6.45) is 3.03. The molecule has 1 amide bonds. The Labute approximate surface area is 216 Å². The van der Waals surface area contributed by atoms with E-state index in [-0.39, 0.29) is 23.6 Å². The molecule has 1 fully saturated rings. The molecule has 0 saturated heterocycles. The van der Waals surface area contributed by atoms with Crippen molar-refractivity contribution < 1.29 is 32.9 Å². The van der Waals surface area contributed by atoms with Crippen LogP contribution in [-0.4, -0.2) is 44.1 Å². The zero-order valence-corrected chi connectivity index (χ0v) is 21.4. The maximum atomic E-state index is 13.9. The number of halogens is 1. The summed E-state index contributed by atoms with van der Waals surface area (Å²) in [6, 6.07) is 6.93. The van der Waals surface area contributed by atoms with Crippen LogP contribution in [0, 0.1) is 11.7 Å². The van der Waals surface area contributed by atoms with E-state index in [2.05, 4.69) is 4.98 Å². The number of amides is 1. The normalized spacial score (nSPS) is 23.1. The summed E-state index contributed by atoms with van der Waals surface area (Å²) in [7, 11) is 4.52. The third kappa shape index (κ3) is 3.65. The lowest BCUT2D eigenvalue weighted by molar-refractivity contribution is -0.131. The first-order valence-electron chi connectivity index (χ1n) is 12.1. The van der Waals surface area contributed by atoms with Gasteiger partial charge in [0, 0.05) is 0 Å². The molecule has 0 radical (unpaired) electrons. The van der Waals surface area contributed by atoms with Crippen molar-refractivity contribution in [3.63, 3.8) is 0 Å². The van der Waals surface area contributed by atoms with Crippen molar-refractivity contribution in [2.75, 3.05) is 26.2 Å². The van der Waals surface area contributed by atoms with Gasteiger partial charge in [0.15, 0.2) is 28.2 Å². The van der Waals surface area contributed by atoms with Crippen LogP contribution >= 0.6 is 11.3 Å². The molecule has 0 N–H and O–H groups in total. The monoisotopic (exact) mass is 524 g/mol. The molecule has 37 heavy (non-hydrogen) atoms. The fourth-order valence-electron chi connectivity index (χ4n) is 5.61. The summed E-state index contributed by atoms with van der Waals surface area (Å²) in [5.74, 6) is 0.0446. The van der Waals surface area contributed by atoms with Crippen LogP contribution in [0.2, 0.25) is 0 Å². The molecular formula is C27H25FN2O6S. The lowest BCUT2D eigenvalue weighted by Crippen LogP contribution is -2.39. The lowest BCUT2D eigenvalue weighted by atomic mass is 9.77. The van der Waals surface area contributed by atoms with Crippen molar-refractivity contribution in [2.45, 2.75) is 37.8 Å². The molecule has 10 heteroatoms. The predicted octanol–water partition coefficient (Wildman–Crippen LogP) is 4.96. The zero-order chi connectivity index (χ0) is 25.8. The predicted molar refractivity (Wildman–Crippen MR) is 135 cm³/mol. The highest BCUT2D eigenvalue weighted by atomic mass is 32.1. The second-order valence-corrected chi connectivity index (χ2v) is 10.3. The van der Waals surface area contributed by atoms with Crippen molar-refractivity contribution in [1.29, 1.82) is 0 Å². The lowest BCUT2D eigenvalue weighted by Gasteiger charge is -2.35. The molecular weight excluding hydrogens is 499 g/mol. The van der Waals surface area contributed by atoms with Crippen molar-refractivity contribution in [1.82, 2.24) is 4.98 Å². The number of carbonyl (C=O) groups excluding carboxylic acids is 2. The molecule has 6 rings (SSSR count). The van der Waals surface area contributed by atoms with E-state index in [0.717, 1.165) is 25.7 Å². The Morgan fingerprint density at radius 1 is 1.03 bits per heavy atom. The van der Waals surface area contributed by atoms with Gasteiger partial charge in [0.2, 0.25) is 5.75 Å². The average Bonchev–Trinajstić information content (AvgIpc) is 3.45. The highest BCUT2D eigenvalue weighted by Gasteiger charge is 2.53. The van der Waals surface area contributed by atoms with E-state index in [0.29, 0.717) is 43.7 Å². The van der Waals surface area contributed by atoms with E-state index >= 15 is 0 Å². The van der Waals surface area contributed by atoms with Gasteiger partial charge in [0.25, 0.3) is 5.91 Å². The smallest absolute Gasteiger partial charge is 0.296 e. The van der Waals surface area contributed by atoms with Crippen LogP contribution in [0.5, 0.6) is 17.2 Å². The molecule has 3 aliphatic rings. The summed E-state index contributed by atoms with van der Waals surface area (Å²) in [5.41, 5.74) is 1.46. The molecule has 8 nitrogen and oxygen atoms in total. The zero-order valence-electron chi connectivity index (χ0n) is 20.6. The van der Waals surface area contributed by atoms with Crippen LogP contribution in [0.1, 0.15) is 37.3 Å². The van der Waals surface area contributed by atoms with Crippen LogP contribution in [0.15, 0.2) is 41.7 Å². The largest absolute Gasteiger partial charge is 0.493 e. The number of hydrogen-bond donors (Lipinski definition) is 0. The van der Waals surface area contributed by atoms with Crippen molar-refractivity contribution in [3.05, 3.63) is 53.0 Å². The fraction of sp³-hybridized carbons (Fsp3) is 0.370. The topological polar surface area (TPSA) is 87.2 Å². The number of anilines is 1. The number of hydrogen-bond acceptors (Lipinski definition) is 8. The van der Waals surface area contributed by atoms with Gasteiger partial charge in [-0.2, -0.15) is 0 Å². The van der Waals surface area contributed by atoms with Gasteiger partial charge < -0.3 is 18.9 Å². The number of carbonyl (C=O) groups is 2. The third-order valence-corrected chi connectivity index (χ3v) is 8.33. The molecule has 2 aliphatic heterocycles. The molecule has 3 atom stereocenters. The maximum absolute atomic E-state index is 13.9. The van der Waals surface area contributed by atoms with Gasteiger partial charge in [-0.25, -0.2) is 9.37 Å². The number of ether oxygens (including phenoxy) is 4. The Bertz CT molecular complexity index is 1440. The molecule has 3 heterocycles. The Morgan fingerprint density at radius 3 is 2.46 bits per heavy atom. The SMILES string of the molecule is COc1cc(C2C3=C(OC4CCCCC4C3=O)C(=O)N2c2nc3ccc(F)cc3s2)cc(OC)c1OC. The second-order valence-electron chi connectivity index (χ2n) is 9.30. The molecule has 192 valence electrons. The molecule has 0 spiro atoms. The van der Waals surface area contributed by atoms with Crippen LogP contribution in [0.3, 0.4) is 0 Å². The first kappa shape index (κ1) is 23.7. The van der Waals surface area contributed by atoms with Gasteiger partial charge in [0.1, 0.15) is 11.9 Å². The number of Topliss-reactive ketones (excluding diaryl/α,β-unsaturated/α-hetero) is 1. The number of aromatic nitrogens is 1. The molecule has 1 aliphatic carbocycles. The van der Waals surface area contributed by atoms with Gasteiger partial charge in [-0.3, -0.25) is 14.5 Å². The summed E-state index contributed by atoms with van der Waals surface area (Å²) in [5, 5.41) is 0.345. The highest BCUT2D eigenvalue weighted by molar-refractivity contribution is 7.22. The standard InChI is InChI=1S/C27H25FN2O6S/c1-33-18-10-13(11-19(34-2)24(18)35-3)22-21-23(31)15-6-4-5-7-17(15)36-25(21)26(32)30(22)27-29-16-9-8-14(28)12-20(16)37-27/h8-12,15,17,22H,4-7H2,1-3H3. The second kappa shape index (κ2) is 9.02. The van der Waals surface area contributed by atoms with E-state index in [1.54, 1.807) is 18.2 Å². The number of thiazole rings is 1. The van der Waals surface area contributed by atoms with Crippen molar-refractivity contribution in [2.24, 2.45) is 5.92 Å². The van der Waals surface area contributed by atoms with Crippen LogP contribution in [0.4, 0.5) is 9.52 Å². The Balaban J connectivity index is 1.56. The minimum Gasteiger partial charge on any atom is -0.493 e. The minimum atomic E-state index is -0.822. The molecule has 2 aromatic carbocycles. The number of benzene rings is 2. The van der Waals surface area contributed by atoms with E-state index < -0.39 is 17.8 Å². The molecule has 1 saturated carbocycles. The summed E-state index contributed by atoms with van der Waals surface area (Å²) in [6.45, 7) is 0. The number of methoxy groups -OCH3 is 3. The van der Waals surface area contributed by atoms with E-state index in [9.17, 15) is 14.0 Å².